The Balaban J connectivity index is 1.96. The van der Waals surface area contributed by atoms with Gasteiger partial charge in [-0.3, -0.25) is 4.99 Å². The van der Waals surface area contributed by atoms with Gasteiger partial charge in [0.1, 0.15) is 5.58 Å². The lowest BCUT2D eigenvalue weighted by Gasteiger charge is -2.18. The summed E-state index contributed by atoms with van der Waals surface area (Å²) in [5.74, 6) is 0. The van der Waals surface area contributed by atoms with E-state index in [1.807, 2.05) is 13.0 Å². The van der Waals surface area contributed by atoms with Gasteiger partial charge in [-0.1, -0.05) is 23.9 Å². The molecule has 2 aromatic rings. The van der Waals surface area contributed by atoms with E-state index in [1.54, 1.807) is 18.0 Å². The predicted octanol–water partition coefficient (Wildman–Crippen LogP) is 2.82. The average Bonchev–Trinajstić information content (AvgIpc) is 3.14. The fourth-order valence-corrected chi connectivity index (χ4v) is 3.89. The highest BCUT2D eigenvalue weighted by atomic mass is 32.2. The third-order valence-electron chi connectivity index (χ3n) is 3.76. The van der Waals surface area contributed by atoms with Gasteiger partial charge in [0.2, 0.25) is 0 Å². The van der Waals surface area contributed by atoms with E-state index in [9.17, 15) is 5.11 Å². The number of amidine groups is 1. The quantitative estimate of drug-likeness (QED) is 0.922. The summed E-state index contributed by atoms with van der Waals surface area (Å²) in [5, 5.41) is 11.7. The highest BCUT2D eigenvalue weighted by Gasteiger charge is 2.33. The Kier molecular flexibility index (Phi) is 2.65. The summed E-state index contributed by atoms with van der Waals surface area (Å²) in [6.45, 7) is 3.80. The molecule has 0 unspecified atom stereocenters. The second-order valence-electron chi connectivity index (χ2n) is 4.94. The summed E-state index contributed by atoms with van der Waals surface area (Å²) < 4.78 is 5.59. The lowest BCUT2D eigenvalue weighted by atomic mass is 10.0. The van der Waals surface area contributed by atoms with E-state index in [0.717, 1.165) is 51.0 Å². The maximum Gasteiger partial charge on any atom is 0.168 e. The van der Waals surface area contributed by atoms with Crippen LogP contribution in [0.1, 0.15) is 11.1 Å². The van der Waals surface area contributed by atoms with Gasteiger partial charge in [0.05, 0.1) is 25.1 Å². The van der Waals surface area contributed by atoms with Gasteiger partial charge in [0, 0.05) is 22.4 Å². The first-order valence-electron chi connectivity index (χ1n) is 6.60. The van der Waals surface area contributed by atoms with E-state index in [-0.39, 0.29) is 6.61 Å². The van der Waals surface area contributed by atoms with Crippen molar-refractivity contribution in [2.24, 2.45) is 4.99 Å². The Morgan fingerprint density at radius 3 is 3.15 bits per heavy atom. The number of thioether (sulfide) groups is 1. The van der Waals surface area contributed by atoms with Crippen LogP contribution in [0.4, 0.5) is 0 Å². The van der Waals surface area contributed by atoms with Crippen molar-refractivity contribution in [3.63, 3.8) is 0 Å². The lowest BCUT2D eigenvalue weighted by Crippen LogP contribution is -2.20. The summed E-state index contributed by atoms with van der Waals surface area (Å²) in [6, 6.07) is 6.18. The van der Waals surface area contributed by atoms with Crippen molar-refractivity contribution in [2.45, 2.75) is 6.92 Å². The van der Waals surface area contributed by atoms with Gasteiger partial charge in [-0.2, -0.15) is 0 Å². The molecule has 5 heteroatoms. The Morgan fingerprint density at radius 1 is 1.40 bits per heavy atom. The second kappa shape index (κ2) is 4.40. The molecule has 102 valence electrons. The van der Waals surface area contributed by atoms with Crippen LogP contribution in [0.2, 0.25) is 0 Å². The number of aryl methyl sites for hydroxylation is 1. The number of aliphatic hydroxyl groups is 1. The smallest absolute Gasteiger partial charge is 0.168 e. The van der Waals surface area contributed by atoms with Crippen LogP contribution in [-0.4, -0.2) is 34.9 Å². The number of rotatable bonds is 2. The van der Waals surface area contributed by atoms with Gasteiger partial charge in [-0.25, -0.2) is 0 Å². The molecular formula is C15H14N2O2S. The van der Waals surface area contributed by atoms with Crippen LogP contribution in [0.5, 0.6) is 0 Å². The van der Waals surface area contributed by atoms with E-state index in [1.165, 1.54) is 0 Å². The van der Waals surface area contributed by atoms with Crippen molar-refractivity contribution in [1.82, 2.24) is 4.90 Å². The van der Waals surface area contributed by atoms with Crippen LogP contribution in [0.3, 0.4) is 0 Å². The molecule has 0 atom stereocenters. The van der Waals surface area contributed by atoms with Crippen molar-refractivity contribution in [3.05, 3.63) is 40.5 Å². The number of hydrogen-bond acceptors (Lipinski definition) is 5. The maximum atomic E-state index is 9.65. The number of furan rings is 1. The zero-order chi connectivity index (χ0) is 13.7. The number of benzene rings is 1. The zero-order valence-corrected chi connectivity index (χ0v) is 11.9. The molecule has 2 aliphatic heterocycles. The summed E-state index contributed by atoms with van der Waals surface area (Å²) in [4.78, 5) is 7.66. The van der Waals surface area contributed by atoms with Crippen molar-refractivity contribution in [3.8, 4) is 0 Å². The Morgan fingerprint density at radius 2 is 2.30 bits per heavy atom. The largest absolute Gasteiger partial charge is 0.464 e. The molecule has 0 fully saturated rings. The summed E-state index contributed by atoms with van der Waals surface area (Å²) in [5.41, 5.74) is 4.24. The predicted molar refractivity (Wildman–Crippen MR) is 81.6 cm³/mol. The Hall–Kier alpha value is -1.72. The van der Waals surface area contributed by atoms with E-state index in [2.05, 4.69) is 22.0 Å². The molecule has 4 rings (SSSR count). The molecule has 20 heavy (non-hydrogen) atoms. The molecule has 0 amide bonds. The van der Waals surface area contributed by atoms with Gasteiger partial charge in [-0.15, -0.1) is 0 Å². The van der Waals surface area contributed by atoms with Crippen molar-refractivity contribution >= 4 is 33.6 Å². The van der Waals surface area contributed by atoms with Gasteiger partial charge in [0.25, 0.3) is 0 Å². The minimum Gasteiger partial charge on any atom is -0.464 e. The van der Waals surface area contributed by atoms with E-state index >= 15 is 0 Å². The standard InChI is InChI=1S/C15H14N2O2S/c1-9-2-3-10(11-4-7-19-14(9)11)13-12(8-18)20-15-16-5-6-17(13)15/h2-4,7,18H,5-6,8H2,1H3. The molecule has 4 nitrogen and oxygen atoms in total. The maximum absolute atomic E-state index is 9.65. The molecule has 0 radical (unpaired) electrons. The first-order chi connectivity index (χ1) is 9.79. The zero-order valence-electron chi connectivity index (χ0n) is 11.1. The third kappa shape index (κ3) is 1.57. The van der Waals surface area contributed by atoms with Crippen LogP contribution in [0.15, 0.2) is 38.8 Å². The van der Waals surface area contributed by atoms with E-state index in [0.29, 0.717) is 0 Å². The van der Waals surface area contributed by atoms with Crippen LogP contribution < -0.4 is 0 Å². The average molecular weight is 286 g/mol. The molecule has 1 aromatic heterocycles. The fraction of sp³-hybridized carbons (Fsp3) is 0.267. The third-order valence-corrected chi connectivity index (χ3v) is 4.86. The molecule has 0 aliphatic carbocycles. The SMILES string of the molecule is Cc1ccc(C2=C(CO)SC3=NCCN32)c2ccoc12. The summed E-state index contributed by atoms with van der Waals surface area (Å²) in [7, 11) is 0. The first-order valence-corrected chi connectivity index (χ1v) is 7.42. The van der Waals surface area contributed by atoms with Gasteiger partial charge in [-0.05, 0) is 18.6 Å². The van der Waals surface area contributed by atoms with Crippen molar-refractivity contribution < 1.29 is 9.52 Å². The molecular weight excluding hydrogens is 272 g/mol. The second-order valence-corrected chi connectivity index (χ2v) is 6.00. The van der Waals surface area contributed by atoms with Crippen LogP contribution >= 0.6 is 11.8 Å². The monoisotopic (exact) mass is 286 g/mol. The molecule has 1 aromatic carbocycles. The van der Waals surface area contributed by atoms with Crippen LogP contribution in [0, 0.1) is 6.92 Å². The van der Waals surface area contributed by atoms with E-state index in [4.69, 9.17) is 4.42 Å². The molecule has 1 N–H and O–H groups in total. The molecule has 0 saturated carbocycles. The van der Waals surface area contributed by atoms with Crippen molar-refractivity contribution in [1.29, 1.82) is 0 Å². The molecule has 0 spiro atoms. The number of fused-ring (bicyclic) bond motifs is 2. The summed E-state index contributed by atoms with van der Waals surface area (Å²) in [6.07, 6.45) is 1.72. The number of hydrogen-bond donors (Lipinski definition) is 1. The molecule has 0 bridgehead atoms. The van der Waals surface area contributed by atoms with Gasteiger partial charge >= 0.3 is 0 Å². The lowest BCUT2D eigenvalue weighted by molar-refractivity contribution is 0.339. The Labute approximate surface area is 120 Å². The topological polar surface area (TPSA) is 49.0 Å². The Bertz CT molecular complexity index is 760. The van der Waals surface area contributed by atoms with E-state index < -0.39 is 0 Å². The minimum atomic E-state index is 0.0444. The van der Waals surface area contributed by atoms with Gasteiger partial charge in [0.15, 0.2) is 5.17 Å². The minimum absolute atomic E-state index is 0.0444. The normalized spacial score (nSPS) is 18.1. The highest BCUT2D eigenvalue weighted by Crippen LogP contribution is 2.43. The fourth-order valence-electron chi connectivity index (χ4n) is 2.84. The molecule has 3 heterocycles. The summed E-state index contributed by atoms with van der Waals surface area (Å²) >= 11 is 1.57. The van der Waals surface area contributed by atoms with Crippen molar-refractivity contribution in [2.75, 3.05) is 19.7 Å². The number of aliphatic imine (C=N–C) groups is 1. The highest BCUT2D eigenvalue weighted by molar-refractivity contribution is 8.17. The van der Waals surface area contributed by atoms with Gasteiger partial charge < -0.3 is 14.4 Å². The van der Waals surface area contributed by atoms with Crippen LogP contribution in [0.25, 0.3) is 16.7 Å². The van der Waals surface area contributed by atoms with Crippen LogP contribution in [-0.2, 0) is 0 Å². The first kappa shape index (κ1) is 12.1. The molecule has 2 aliphatic rings. The number of nitrogens with zero attached hydrogens (tertiary/aromatic N) is 2. The molecule has 0 saturated heterocycles. The number of aliphatic hydroxyl groups excluding tert-OH is 1.